The molecule has 1 saturated carbocycles. The van der Waals surface area contributed by atoms with Crippen molar-refractivity contribution in [3.05, 3.63) is 63.7 Å². The molecule has 0 heterocycles. The third-order valence-electron chi connectivity index (χ3n) is 4.45. The first kappa shape index (κ1) is 17.2. The number of nitro groups is 1. The van der Waals surface area contributed by atoms with Crippen LogP contribution in [-0.4, -0.2) is 18.1 Å². The number of nitro benzene ring substituents is 1. The largest absolute Gasteiger partial charge is 0.493 e. The number of nitrogens with one attached hydrogen (secondary N) is 1. The molecule has 2 aromatic carbocycles. The Morgan fingerprint density at radius 1 is 1.16 bits per heavy atom. The van der Waals surface area contributed by atoms with Crippen LogP contribution in [0.2, 0.25) is 0 Å². The zero-order chi connectivity index (χ0) is 17.8. The molecule has 6 nitrogen and oxygen atoms in total. The van der Waals surface area contributed by atoms with Gasteiger partial charge in [0.25, 0.3) is 5.69 Å². The molecule has 1 N–H and O–H groups in total. The smallest absolute Gasteiger partial charge is 0.269 e. The van der Waals surface area contributed by atoms with Crippen molar-refractivity contribution in [3.63, 3.8) is 0 Å². The third kappa shape index (κ3) is 4.48. The average Bonchev–Trinajstić information content (AvgIpc) is 3.34. The molecule has 132 valence electrons. The Labute approximate surface area is 146 Å². The molecule has 2 unspecified atom stereocenters. The van der Waals surface area contributed by atoms with E-state index >= 15 is 0 Å². The highest BCUT2D eigenvalue weighted by Gasteiger charge is 2.31. The maximum absolute atomic E-state index is 10.7. The lowest BCUT2D eigenvalue weighted by atomic mass is 10.2. The van der Waals surface area contributed by atoms with Gasteiger partial charge in [-0.2, -0.15) is 0 Å². The summed E-state index contributed by atoms with van der Waals surface area (Å²) in [7, 11) is 1.62. The molecule has 0 saturated heterocycles. The van der Waals surface area contributed by atoms with E-state index in [-0.39, 0.29) is 5.69 Å². The second kappa shape index (κ2) is 7.53. The van der Waals surface area contributed by atoms with E-state index in [0.29, 0.717) is 24.1 Å². The first-order chi connectivity index (χ1) is 12.1. The van der Waals surface area contributed by atoms with E-state index < -0.39 is 4.92 Å². The number of methoxy groups -OCH3 is 1. The molecular weight excluding hydrogens is 320 g/mol. The molecule has 1 aliphatic rings. The van der Waals surface area contributed by atoms with Gasteiger partial charge in [0.1, 0.15) is 6.61 Å². The van der Waals surface area contributed by atoms with Gasteiger partial charge in [-0.15, -0.1) is 0 Å². The number of hydrogen-bond donors (Lipinski definition) is 1. The van der Waals surface area contributed by atoms with Crippen LogP contribution < -0.4 is 14.8 Å². The fourth-order valence-electron chi connectivity index (χ4n) is 2.67. The summed E-state index contributed by atoms with van der Waals surface area (Å²) in [5.41, 5.74) is 2.09. The minimum Gasteiger partial charge on any atom is -0.493 e. The van der Waals surface area contributed by atoms with Crippen LogP contribution in [0.25, 0.3) is 0 Å². The van der Waals surface area contributed by atoms with Crippen molar-refractivity contribution < 1.29 is 14.4 Å². The topological polar surface area (TPSA) is 73.6 Å². The number of rotatable bonds is 8. The Hall–Kier alpha value is -2.60. The van der Waals surface area contributed by atoms with E-state index in [0.717, 1.165) is 23.6 Å². The number of non-ortho nitro benzene ring substituents is 1. The van der Waals surface area contributed by atoms with Crippen LogP contribution in [0.5, 0.6) is 11.5 Å². The quantitative estimate of drug-likeness (QED) is 0.585. The lowest BCUT2D eigenvalue weighted by Gasteiger charge is -2.13. The predicted octanol–water partition coefficient (Wildman–Crippen LogP) is 3.68. The average molecular weight is 342 g/mol. The van der Waals surface area contributed by atoms with Crippen LogP contribution >= 0.6 is 0 Å². The lowest BCUT2D eigenvalue weighted by molar-refractivity contribution is -0.384. The van der Waals surface area contributed by atoms with E-state index in [2.05, 4.69) is 12.2 Å². The van der Waals surface area contributed by atoms with Gasteiger partial charge in [-0.3, -0.25) is 10.1 Å². The molecule has 1 fully saturated rings. The van der Waals surface area contributed by atoms with Gasteiger partial charge >= 0.3 is 0 Å². The predicted molar refractivity (Wildman–Crippen MR) is 94.8 cm³/mol. The van der Waals surface area contributed by atoms with Crippen molar-refractivity contribution in [1.29, 1.82) is 0 Å². The second-order valence-electron chi connectivity index (χ2n) is 6.40. The van der Waals surface area contributed by atoms with E-state index in [1.54, 1.807) is 19.2 Å². The molecule has 0 aliphatic heterocycles. The first-order valence-electron chi connectivity index (χ1n) is 8.33. The highest BCUT2D eigenvalue weighted by atomic mass is 16.6. The van der Waals surface area contributed by atoms with Gasteiger partial charge in [-0.1, -0.05) is 13.0 Å². The molecule has 0 spiro atoms. The van der Waals surface area contributed by atoms with Crippen LogP contribution in [0.15, 0.2) is 42.5 Å². The number of nitrogens with zero attached hydrogens (tertiary/aromatic N) is 1. The number of ether oxygens (including phenoxy) is 2. The Kier molecular flexibility index (Phi) is 5.19. The zero-order valence-electron chi connectivity index (χ0n) is 14.4. The Bertz CT molecular complexity index is 746. The second-order valence-corrected chi connectivity index (χ2v) is 6.40. The first-order valence-corrected chi connectivity index (χ1v) is 8.33. The summed E-state index contributed by atoms with van der Waals surface area (Å²) in [6.45, 7) is 3.38. The van der Waals surface area contributed by atoms with Gasteiger partial charge < -0.3 is 14.8 Å². The Morgan fingerprint density at radius 3 is 2.44 bits per heavy atom. The van der Waals surface area contributed by atoms with Gasteiger partial charge in [0.2, 0.25) is 0 Å². The Morgan fingerprint density at radius 2 is 1.84 bits per heavy atom. The molecule has 25 heavy (non-hydrogen) atoms. The van der Waals surface area contributed by atoms with Crippen LogP contribution in [0.4, 0.5) is 5.69 Å². The van der Waals surface area contributed by atoms with Crippen molar-refractivity contribution in [1.82, 2.24) is 5.32 Å². The molecule has 3 rings (SSSR count). The highest BCUT2D eigenvalue weighted by Crippen LogP contribution is 2.31. The van der Waals surface area contributed by atoms with Crippen LogP contribution in [0.3, 0.4) is 0 Å². The minimum absolute atomic E-state index is 0.0724. The molecule has 0 radical (unpaired) electrons. The monoisotopic (exact) mass is 342 g/mol. The van der Waals surface area contributed by atoms with Crippen molar-refractivity contribution in [2.45, 2.75) is 32.5 Å². The minimum atomic E-state index is -0.414. The van der Waals surface area contributed by atoms with E-state index in [4.69, 9.17) is 9.47 Å². The van der Waals surface area contributed by atoms with E-state index in [1.165, 1.54) is 18.6 Å². The summed E-state index contributed by atoms with van der Waals surface area (Å²) >= 11 is 0. The summed E-state index contributed by atoms with van der Waals surface area (Å²) in [6, 6.07) is 12.9. The summed E-state index contributed by atoms with van der Waals surface area (Å²) in [5, 5.41) is 14.2. The summed E-state index contributed by atoms with van der Waals surface area (Å²) in [6.07, 6.45) is 1.24. The fourth-order valence-corrected chi connectivity index (χ4v) is 2.67. The molecule has 0 amide bonds. The molecule has 2 atom stereocenters. The van der Waals surface area contributed by atoms with Crippen LogP contribution in [0.1, 0.15) is 24.5 Å². The molecule has 1 aliphatic carbocycles. The molecular formula is C19H22N2O4. The third-order valence-corrected chi connectivity index (χ3v) is 4.45. The summed E-state index contributed by atoms with van der Waals surface area (Å²) < 4.78 is 11.2. The van der Waals surface area contributed by atoms with Crippen molar-refractivity contribution in [3.8, 4) is 11.5 Å². The normalized spacial score (nSPS) is 18.6. The van der Waals surface area contributed by atoms with Gasteiger partial charge in [-0.25, -0.2) is 0 Å². The van der Waals surface area contributed by atoms with Crippen LogP contribution in [-0.2, 0) is 13.2 Å². The lowest BCUT2D eigenvalue weighted by Crippen LogP contribution is -2.17. The zero-order valence-corrected chi connectivity index (χ0v) is 14.4. The highest BCUT2D eigenvalue weighted by molar-refractivity contribution is 5.43. The molecule has 6 heteroatoms. The van der Waals surface area contributed by atoms with Crippen molar-refractivity contribution in [2.24, 2.45) is 5.92 Å². The summed E-state index contributed by atoms with van der Waals surface area (Å²) in [5.74, 6) is 2.11. The van der Waals surface area contributed by atoms with Gasteiger partial charge in [0.15, 0.2) is 11.5 Å². The number of hydrogen-bond acceptors (Lipinski definition) is 5. The SMILES string of the molecule is COc1cc(CNC2CC2C)ccc1OCc1ccc([N+](=O)[O-])cc1. The summed E-state index contributed by atoms with van der Waals surface area (Å²) in [4.78, 5) is 10.3. The van der Waals surface area contributed by atoms with Gasteiger partial charge in [-0.05, 0) is 47.7 Å². The standard InChI is InChI=1S/C19H22N2O4/c1-13-9-17(13)20-11-15-5-8-18(19(10-15)24-2)25-12-14-3-6-16(7-4-14)21(22)23/h3-8,10,13,17,20H,9,11-12H2,1-2H3. The van der Waals surface area contributed by atoms with Crippen LogP contribution in [0, 0.1) is 16.0 Å². The molecule has 2 aromatic rings. The van der Waals surface area contributed by atoms with E-state index in [1.807, 2.05) is 18.2 Å². The fraction of sp³-hybridized carbons (Fsp3) is 0.368. The Balaban J connectivity index is 1.60. The number of benzene rings is 2. The van der Waals surface area contributed by atoms with Crippen molar-refractivity contribution in [2.75, 3.05) is 7.11 Å². The molecule has 0 bridgehead atoms. The van der Waals surface area contributed by atoms with Gasteiger partial charge in [0.05, 0.1) is 12.0 Å². The maximum atomic E-state index is 10.7. The van der Waals surface area contributed by atoms with E-state index in [9.17, 15) is 10.1 Å². The maximum Gasteiger partial charge on any atom is 0.269 e. The molecule has 0 aromatic heterocycles. The van der Waals surface area contributed by atoms with Gasteiger partial charge in [0, 0.05) is 24.7 Å². The van der Waals surface area contributed by atoms with Crippen molar-refractivity contribution >= 4 is 5.69 Å².